The van der Waals surface area contributed by atoms with Crippen molar-refractivity contribution in [3.63, 3.8) is 0 Å². The van der Waals surface area contributed by atoms with Gasteiger partial charge in [0.1, 0.15) is 17.2 Å². The van der Waals surface area contributed by atoms with Gasteiger partial charge in [-0.2, -0.15) is 0 Å². The second kappa shape index (κ2) is 9.62. The van der Waals surface area contributed by atoms with Crippen LogP contribution in [0.1, 0.15) is 29.6 Å². The smallest absolute Gasteiger partial charge is 0.341 e. The summed E-state index contributed by atoms with van der Waals surface area (Å²) in [5.74, 6) is -23.9. The van der Waals surface area contributed by atoms with Crippen molar-refractivity contribution in [1.29, 1.82) is 0 Å². The minimum Gasteiger partial charge on any atom is -0.521 e. The second-order valence-corrected chi connectivity index (χ2v) is 4.31. The van der Waals surface area contributed by atoms with Gasteiger partial charge in [0, 0.05) is 1.43 Å². The Morgan fingerprint density at radius 2 is 0.966 bits per heavy atom. The van der Waals surface area contributed by atoms with E-state index in [0.717, 1.165) is 0 Å². The molecule has 2 aromatic carbocycles. The number of aromatic carboxylic acids is 2. The molecule has 0 atom stereocenters. The van der Waals surface area contributed by atoms with Crippen LogP contribution in [0.15, 0.2) is 0 Å². The van der Waals surface area contributed by atoms with E-state index in [-0.39, 0.29) is 8.85 Å². The first-order valence-corrected chi connectivity index (χ1v) is 6.06. The fourth-order valence-electron chi connectivity index (χ4n) is 1.46. The molecule has 0 aromatic heterocycles. The summed E-state index contributed by atoms with van der Waals surface area (Å²) in [7, 11) is 0. The Hall–Kier alpha value is -4.25. The third-order valence-corrected chi connectivity index (χ3v) is 2.67. The van der Waals surface area contributed by atoms with E-state index in [9.17, 15) is 49.1 Å². The fraction of sp³-hybridized carbons (Fsp3) is 0.0667. The van der Waals surface area contributed by atoms with Crippen LogP contribution in [-0.2, 0) is 0 Å². The standard InChI is InChI=1S/C7HF5O2.C7HF4O2.CH4.Rf.H2/c8-2-1(7(13)14)3(9)5(11)6(12)4(2)10;8-3-1-2(7(12)13)4(9)6(11)5(3)10;;;/h(H,13,14);(H,12,13);1H4;;1H/q;-1;;;/i;;;;1+1. The first-order chi connectivity index (χ1) is 12.3. The van der Waals surface area contributed by atoms with Gasteiger partial charge in [-0.05, 0) is 5.56 Å². The molecule has 158 valence electrons. The van der Waals surface area contributed by atoms with Crippen LogP contribution in [-0.4, -0.2) is 22.2 Å². The number of carbonyl (C=O) groups is 2. The average Bonchev–Trinajstić information content (AvgIpc) is 2.59. The molecular weight excluding hydrogens is 682 g/mol. The normalized spacial score (nSPS) is 9.55. The van der Waals surface area contributed by atoms with Gasteiger partial charge in [-0.3, -0.25) is 8.78 Å². The van der Waals surface area contributed by atoms with Crippen molar-refractivity contribution >= 4 is 11.9 Å². The van der Waals surface area contributed by atoms with Crippen LogP contribution >= 0.6 is 0 Å². The molecular formula is C15H8F9O4Rf-. The third kappa shape index (κ3) is 4.93. The Kier molecular flexibility index (Phi) is 8.95. The maximum Gasteiger partial charge on any atom is 0.341 e. The Balaban J connectivity index is -0.000000443. The van der Waals surface area contributed by atoms with Crippen molar-refractivity contribution in [3.8, 4) is 0 Å². The molecule has 0 heterocycles. The first-order valence-electron chi connectivity index (χ1n) is 6.06. The first kappa shape index (κ1) is 27.0. The zero-order chi connectivity index (χ0) is 21.2. The molecule has 0 aliphatic heterocycles. The van der Waals surface area contributed by atoms with E-state index in [0.29, 0.717) is 0 Å². The molecule has 0 spiro atoms. The number of halogens is 9. The molecule has 2 N–H and O–H groups in total. The number of hydrogen-bond acceptors (Lipinski definition) is 2. The van der Waals surface area contributed by atoms with E-state index in [1.807, 2.05) is 0 Å². The van der Waals surface area contributed by atoms with E-state index in [2.05, 4.69) is 0 Å². The van der Waals surface area contributed by atoms with E-state index < -0.39 is 75.4 Å². The monoisotopic (exact) mass is 691 g/mol. The maximum absolute atomic E-state index is 12.6. The summed E-state index contributed by atoms with van der Waals surface area (Å²) in [5.41, 5.74) is -3.22. The quantitative estimate of drug-likeness (QED) is 0.208. The average molecular weight is 691 g/mol. The van der Waals surface area contributed by atoms with Crippen molar-refractivity contribution in [1.82, 2.24) is 0 Å². The summed E-state index contributed by atoms with van der Waals surface area (Å²) in [5, 5.41) is 16.3. The molecule has 29 heavy (non-hydrogen) atoms. The van der Waals surface area contributed by atoms with Crippen LogP contribution in [0.25, 0.3) is 0 Å². The predicted octanol–water partition coefficient (Wildman–Crippen LogP) is 4.70. The summed E-state index contributed by atoms with van der Waals surface area (Å²) in [6.07, 6.45) is 0. The molecule has 4 nitrogen and oxygen atoms in total. The van der Waals surface area contributed by atoms with E-state index in [1.54, 1.807) is 0 Å². The Morgan fingerprint density at radius 1 is 0.621 bits per heavy atom. The minimum absolute atomic E-state index is 0. The van der Waals surface area contributed by atoms with Crippen molar-refractivity contribution < 1.29 is 60.7 Å². The molecule has 2 aromatic rings. The van der Waals surface area contributed by atoms with Crippen LogP contribution in [0.4, 0.5) is 39.5 Å². The number of hydrogen-bond donors (Lipinski definition) is 2. The molecule has 0 bridgehead atoms. The molecule has 0 radical (unpaired) electrons. The van der Waals surface area contributed by atoms with Crippen LogP contribution in [0.5, 0.6) is 0 Å². The van der Waals surface area contributed by atoms with Gasteiger partial charge in [-0.1, -0.05) is 13.5 Å². The molecule has 2 rings (SSSR count). The molecule has 0 saturated heterocycles. The summed E-state index contributed by atoms with van der Waals surface area (Å²) < 4.78 is 111. The van der Waals surface area contributed by atoms with E-state index >= 15 is 0 Å². The number of carboxylic acid groups (broad SMARTS) is 2. The van der Waals surface area contributed by atoms with Gasteiger partial charge in [-0.15, -0.1) is 0 Å². The van der Waals surface area contributed by atoms with Gasteiger partial charge in [0.15, 0.2) is 23.3 Å². The van der Waals surface area contributed by atoms with Gasteiger partial charge in [-0.25, -0.2) is 35.5 Å². The fourth-order valence-corrected chi connectivity index (χ4v) is 1.46. The molecule has 0 aliphatic carbocycles. The van der Waals surface area contributed by atoms with E-state index in [4.69, 9.17) is 10.2 Å². The van der Waals surface area contributed by atoms with Crippen molar-refractivity contribution in [2.75, 3.05) is 0 Å². The molecule has 0 unspecified atom stereocenters. The topological polar surface area (TPSA) is 74.6 Å². The zero-order valence-electron chi connectivity index (χ0n) is 12.8. The van der Waals surface area contributed by atoms with Crippen molar-refractivity contribution in [3.05, 3.63) is 69.5 Å². The predicted molar refractivity (Wildman–Crippen MR) is 74.1 cm³/mol. The van der Waals surface area contributed by atoms with Crippen molar-refractivity contribution in [2.24, 2.45) is 0 Å². The van der Waals surface area contributed by atoms with Gasteiger partial charge in [0.25, 0.3) is 5.97 Å². The van der Waals surface area contributed by atoms with Gasteiger partial charge in [0.05, 0.1) is 11.6 Å². The van der Waals surface area contributed by atoms with Gasteiger partial charge < -0.3 is 15.0 Å². The number of benzene rings is 2. The van der Waals surface area contributed by atoms with Crippen LogP contribution in [0.2, 0.25) is 0 Å². The minimum atomic E-state index is -2.38. The third-order valence-electron chi connectivity index (χ3n) is 2.67. The zero-order valence-corrected chi connectivity index (χ0v) is 19.2. The summed E-state index contributed by atoms with van der Waals surface area (Å²) in [4.78, 5) is 20.2. The SMILES string of the molecule is C.O=C(O)c1[c-]c(F)c(F)c(F)c1F.O=C(O)c1c(F)c(F)c(F)c(F)c1F.[2HH].[Rf]. The number of carboxylic acids is 2. The molecule has 0 aliphatic rings. The maximum atomic E-state index is 12.6. The van der Waals surface area contributed by atoms with Gasteiger partial charge in [0.2, 0.25) is 5.82 Å². The second-order valence-electron chi connectivity index (χ2n) is 4.31. The largest absolute Gasteiger partial charge is 0.521 e. The van der Waals surface area contributed by atoms with Crippen LogP contribution in [0, 0.1) is 58.4 Å². The Labute approximate surface area is 150 Å². The van der Waals surface area contributed by atoms with Crippen LogP contribution in [0.3, 0.4) is 0 Å². The number of rotatable bonds is 2. The van der Waals surface area contributed by atoms with Crippen LogP contribution < -0.4 is 0 Å². The van der Waals surface area contributed by atoms with E-state index in [1.165, 1.54) is 6.07 Å². The molecule has 0 amide bonds. The molecule has 14 heteroatoms. The molecule has 0 fully saturated rings. The Morgan fingerprint density at radius 3 is 1.31 bits per heavy atom. The Bertz CT molecular complexity index is 928. The summed E-state index contributed by atoms with van der Waals surface area (Å²) >= 11 is 0. The molecule has 0 saturated carbocycles. The van der Waals surface area contributed by atoms with Crippen molar-refractivity contribution in [2.45, 2.75) is 7.43 Å². The summed E-state index contributed by atoms with van der Waals surface area (Å²) in [6, 6.07) is 1.23. The summed E-state index contributed by atoms with van der Waals surface area (Å²) in [6.45, 7) is 0. The van der Waals surface area contributed by atoms with Gasteiger partial charge >= 0.3 is 5.97 Å².